The third-order valence-corrected chi connectivity index (χ3v) is 2.58. The fraction of sp³-hybridized carbons (Fsp3) is 0.154. The van der Waals surface area contributed by atoms with E-state index < -0.39 is 33.4 Å². The monoisotopic (exact) mass is 355 g/mol. The number of hydrogen-bond acceptors (Lipinski definition) is 8. The van der Waals surface area contributed by atoms with Gasteiger partial charge in [0.2, 0.25) is 0 Å². The summed E-state index contributed by atoms with van der Waals surface area (Å²) in [6.45, 7) is 1.30. The highest BCUT2D eigenvalue weighted by Crippen LogP contribution is 2.17. The molecule has 25 heavy (non-hydrogen) atoms. The van der Waals surface area contributed by atoms with Crippen LogP contribution in [-0.2, 0) is 11.2 Å². The summed E-state index contributed by atoms with van der Waals surface area (Å²) in [7, 11) is 0. The Kier molecular flexibility index (Phi) is 6.49. The lowest BCUT2D eigenvalue weighted by Gasteiger charge is -1.98. The van der Waals surface area contributed by atoms with Crippen LogP contribution in [0.1, 0.15) is 12.5 Å². The molecule has 0 aliphatic heterocycles. The van der Waals surface area contributed by atoms with Gasteiger partial charge in [0.05, 0.1) is 5.56 Å². The van der Waals surface area contributed by atoms with Crippen LogP contribution in [0.4, 0.5) is 26.1 Å². The van der Waals surface area contributed by atoms with Crippen molar-refractivity contribution in [2.45, 2.75) is 13.3 Å². The lowest BCUT2D eigenvalue weighted by molar-refractivity contribution is -0.390. The number of carbonyl (C=O) groups excluding carboxylic acids is 1. The van der Waals surface area contributed by atoms with Gasteiger partial charge in [-0.1, -0.05) is 0 Å². The number of ketones is 1. The smallest absolute Gasteiger partial charge is 0.389 e. The van der Waals surface area contributed by atoms with E-state index >= 15 is 0 Å². The largest absolute Gasteiger partial charge is 0.392 e. The van der Waals surface area contributed by atoms with Crippen LogP contribution in [0.2, 0.25) is 0 Å². The Balaban J connectivity index is 0.000000257. The molecule has 0 fully saturated rings. The van der Waals surface area contributed by atoms with Crippen molar-refractivity contribution in [1.29, 1.82) is 0 Å². The van der Waals surface area contributed by atoms with Crippen molar-refractivity contribution in [3.63, 3.8) is 0 Å². The maximum atomic E-state index is 12.5. The average Bonchev–Trinajstić information content (AvgIpc) is 2.51. The van der Waals surface area contributed by atoms with Crippen LogP contribution in [-0.4, -0.2) is 25.6 Å². The zero-order chi connectivity index (χ0) is 19.1. The predicted octanol–water partition coefficient (Wildman–Crippen LogP) is 1.97. The number of carbonyl (C=O) groups is 1. The SMILES string of the molecule is CC(=O)Cc1ccc(F)nc1[N+](=O)[O-].Nc1ccc(F)nc1[N+](=O)[O-]. The van der Waals surface area contributed by atoms with Gasteiger partial charge in [-0.15, -0.1) is 0 Å². The predicted molar refractivity (Wildman–Crippen MR) is 80.5 cm³/mol. The first-order valence-corrected chi connectivity index (χ1v) is 6.47. The number of Topliss-reactive ketones (excluding diaryl/α,β-unsaturated/α-hetero) is 1. The summed E-state index contributed by atoms with van der Waals surface area (Å²) in [5.41, 5.74) is 5.11. The number of rotatable bonds is 4. The zero-order valence-electron chi connectivity index (χ0n) is 12.7. The molecule has 0 radical (unpaired) electrons. The minimum absolute atomic E-state index is 0.108. The number of halogens is 2. The van der Waals surface area contributed by atoms with Crippen molar-refractivity contribution >= 4 is 23.1 Å². The van der Waals surface area contributed by atoms with E-state index in [2.05, 4.69) is 9.97 Å². The number of anilines is 1. The van der Waals surface area contributed by atoms with Gasteiger partial charge < -0.3 is 26.0 Å². The van der Waals surface area contributed by atoms with Gasteiger partial charge in [0.1, 0.15) is 11.5 Å². The van der Waals surface area contributed by atoms with E-state index in [1.54, 1.807) is 0 Å². The second kappa shape index (κ2) is 8.33. The van der Waals surface area contributed by atoms with E-state index in [1.807, 2.05) is 0 Å². The van der Waals surface area contributed by atoms with Gasteiger partial charge >= 0.3 is 23.5 Å². The van der Waals surface area contributed by atoms with Gasteiger partial charge in [-0.25, -0.2) is 0 Å². The molecule has 0 unspecified atom stereocenters. The van der Waals surface area contributed by atoms with E-state index in [1.165, 1.54) is 13.0 Å². The second-order valence-corrected chi connectivity index (χ2v) is 4.56. The average molecular weight is 355 g/mol. The van der Waals surface area contributed by atoms with Crippen molar-refractivity contribution in [2.24, 2.45) is 0 Å². The molecule has 0 spiro atoms. The van der Waals surface area contributed by atoms with Crippen molar-refractivity contribution in [1.82, 2.24) is 9.97 Å². The molecule has 2 rings (SSSR count). The minimum Gasteiger partial charge on any atom is -0.392 e. The Labute approximate surface area is 138 Å². The first-order chi connectivity index (χ1) is 11.6. The molecular weight excluding hydrogens is 344 g/mol. The lowest BCUT2D eigenvalue weighted by Crippen LogP contribution is -2.04. The molecule has 0 aromatic carbocycles. The molecular formula is C13H11F2N5O5. The minimum atomic E-state index is -0.927. The van der Waals surface area contributed by atoms with Crippen LogP contribution in [0.15, 0.2) is 24.3 Å². The molecule has 132 valence electrons. The Hall–Kier alpha value is -3.57. The zero-order valence-corrected chi connectivity index (χ0v) is 12.7. The molecule has 0 aliphatic rings. The van der Waals surface area contributed by atoms with Crippen LogP contribution in [0, 0.1) is 32.1 Å². The first kappa shape index (κ1) is 19.5. The van der Waals surface area contributed by atoms with Crippen molar-refractivity contribution in [3.05, 3.63) is 62.0 Å². The Morgan fingerprint density at radius 3 is 1.96 bits per heavy atom. The molecule has 0 bridgehead atoms. The van der Waals surface area contributed by atoms with E-state index in [9.17, 15) is 33.8 Å². The van der Waals surface area contributed by atoms with E-state index in [-0.39, 0.29) is 23.5 Å². The summed E-state index contributed by atoms with van der Waals surface area (Å²) in [6, 6.07) is 4.25. The molecule has 10 nitrogen and oxygen atoms in total. The fourth-order valence-corrected chi connectivity index (χ4v) is 1.60. The molecule has 0 amide bonds. The highest BCUT2D eigenvalue weighted by Gasteiger charge is 2.18. The van der Waals surface area contributed by atoms with E-state index in [0.717, 1.165) is 18.2 Å². The molecule has 0 atom stereocenters. The summed E-state index contributed by atoms with van der Waals surface area (Å²) in [5, 5.41) is 20.5. The summed E-state index contributed by atoms with van der Waals surface area (Å²) in [6.07, 6.45) is -0.108. The summed E-state index contributed by atoms with van der Waals surface area (Å²) in [4.78, 5) is 35.7. The topological polar surface area (TPSA) is 155 Å². The summed E-state index contributed by atoms with van der Waals surface area (Å²) >= 11 is 0. The van der Waals surface area contributed by atoms with Gasteiger partial charge in [-0.2, -0.15) is 8.78 Å². The van der Waals surface area contributed by atoms with E-state index in [0.29, 0.717) is 0 Å². The molecule has 2 heterocycles. The molecule has 0 aliphatic carbocycles. The number of nitro groups is 2. The quantitative estimate of drug-likeness (QED) is 0.495. The maximum absolute atomic E-state index is 12.5. The highest BCUT2D eigenvalue weighted by atomic mass is 19.1. The number of aromatic nitrogens is 2. The number of pyridine rings is 2. The van der Waals surface area contributed by atoms with Crippen molar-refractivity contribution < 1.29 is 23.4 Å². The maximum Gasteiger partial charge on any atom is 0.389 e. The standard InChI is InChI=1S/C8H7FN2O3.C5H4FN3O2/c1-5(12)4-6-2-3-7(9)10-8(6)11(13)14;6-4-2-1-3(7)5(8-4)9(10)11/h2-3H,4H2,1H3;1-2H,7H2. The van der Waals surface area contributed by atoms with Crippen molar-refractivity contribution in [2.75, 3.05) is 5.73 Å². The second-order valence-electron chi connectivity index (χ2n) is 4.56. The van der Waals surface area contributed by atoms with Crippen LogP contribution < -0.4 is 5.73 Å². The van der Waals surface area contributed by atoms with Gasteiger partial charge in [0.15, 0.2) is 0 Å². The number of nitrogens with two attached hydrogens (primary N) is 1. The molecule has 2 aromatic heterocycles. The van der Waals surface area contributed by atoms with Crippen LogP contribution in [0.25, 0.3) is 0 Å². The van der Waals surface area contributed by atoms with Crippen LogP contribution in [0.5, 0.6) is 0 Å². The van der Waals surface area contributed by atoms with Gasteiger partial charge in [0, 0.05) is 18.6 Å². The fourth-order valence-electron chi connectivity index (χ4n) is 1.60. The van der Waals surface area contributed by atoms with Crippen LogP contribution in [0.3, 0.4) is 0 Å². The molecule has 0 saturated carbocycles. The highest BCUT2D eigenvalue weighted by molar-refractivity contribution is 5.79. The number of nitrogen functional groups attached to an aromatic ring is 1. The Morgan fingerprint density at radius 2 is 1.52 bits per heavy atom. The van der Waals surface area contributed by atoms with Gasteiger partial charge in [-0.05, 0) is 38.9 Å². The van der Waals surface area contributed by atoms with Crippen molar-refractivity contribution in [3.8, 4) is 0 Å². The first-order valence-electron chi connectivity index (χ1n) is 6.47. The molecule has 2 aromatic rings. The Bertz CT molecular complexity index is 830. The molecule has 12 heteroatoms. The van der Waals surface area contributed by atoms with Gasteiger partial charge in [0.25, 0.3) is 0 Å². The molecule has 2 N–H and O–H groups in total. The summed E-state index contributed by atoms with van der Waals surface area (Å²) < 4.78 is 24.8. The number of hydrogen-bond donors (Lipinski definition) is 1. The lowest BCUT2D eigenvalue weighted by atomic mass is 10.1. The third kappa shape index (κ3) is 5.85. The van der Waals surface area contributed by atoms with Crippen LogP contribution >= 0.6 is 0 Å². The normalized spacial score (nSPS) is 9.72. The van der Waals surface area contributed by atoms with E-state index in [4.69, 9.17) is 5.73 Å². The third-order valence-electron chi connectivity index (χ3n) is 2.58. The summed E-state index contributed by atoms with van der Waals surface area (Å²) in [5.74, 6) is -3.32. The molecule has 0 saturated heterocycles. The van der Waals surface area contributed by atoms with Gasteiger partial charge in [-0.3, -0.25) is 4.79 Å². The Morgan fingerprint density at radius 1 is 1.04 bits per heavy atom. The number of nitrogens with zero attached hydrogens (tertiary/aromatic N) is 4.